The Labute approximate surface area is 105 Å². The smallest absolute Gasteiger partial charge is 0.339 e. The van der Waals surface area contributed by atoms with Crippen molar-refractivity contribution < 1.29 is 24.2 Å². The Hall–Kier alpha value is -1.65. The molecule has 0 spiro atoms. The first-order valence-corrected chi connectivity index (χ1v) is 6.03. The summed E-state index contributed by atoms with van der Waals surface area (Å²) in [6.07, 6.45) is 1.56. The third-order valence-electron chi connectivity index (χ3n) is 4.03. The normalized spacial score (nSPS) is 31.2. The minimum absolute atomic E-state index is 0.0848. The zero-order valence-corrected chi connectivity index (χ0v) is 10.5. The lowest BCUT2D eigenvalue weighted by Gasteiger charge is -2.35. The summed E-state index contributed by atoms with van der Waals surface area (Å²) in [4.78, 5) is 34.0. The van der Waals surface area contributed by atoms with Gasteiger partial charge in [-0.15, -0.1) is 0 Å². The molecule has 1 N–H and O–H groups in total. The van der Waals surface area contributed by atoms with Crippen LogP contribution in [0.15, 0.2) is 11.1 Å². The highest BCUT2D eigenvalue weighted by Gasteiger charge is 2.50. The summed E-state index contributed by atoms with van der Waals surface area (Å²) >= 11 is 0. The number of fused-ring (bicyclic) bond motifs is 1. The van der Waals surface area contributed by atoms with Crippen molar-refractivity contribution in [2.24, 2.45) is 5.41 Å². The zero-order chi connectivity index (χ0) is 13.5. The minimum atomic E-state index is -1.16. The van der Waals surface area contributed by atoms with Gasteiger partial charge in [-0.25, -0.2) is 4.79 Å². The topological polar surface area (TPSA) is 80.7 Å². The van der Waals surface area contributed by atoms with Crippen LogP contribution in [0.2, 0.25) is 0 Å². The van der Waals surface area contributed by atoms with Crippen LogP contribution in [0.1, 0.15) is 39.5 Å². The van der Waals surface area contributed by atoms with Gasteiger partial charge < -0.3 is 9.84 Å². The van der Waals surface area contributed by atoms with E-state index in [-0.39, 0.29) is 29.9 Å². The van der Waals surface area contributed by atoms with Crippen LogP contribution in [-0.4, -0.2) is 28.9 Å². The number of hydrogen-bond donors (Lipinski definition) is 1. The Morgan fingerprint density at radius 1 is 1.39 bits per heavy atom. The first kappa shape index (κ1) is 12.8. The standard InChI is InChI=1S/C13H16O5/c1-7(14)18-10-4-3-8-11(12(16)17)9(15)5-6-13(8,10)2/h10H,3-6H2,1-2H3,(H,16,17). The second-order valence-corrected chi connectivity index (χ2v) is 5.14. The second kappa shape index (κ2) is 4.23. The molecule has 18 heavy (non-hydrogen) atoms. The van der Waals surface area contributed by atoms with E-state index >= 15 is 0 Å². The van der Waals surface area contributed by atoms with Gasteiger partial charge in [0.15, 0.2) is 5.78 Å². The average molecular weight is 252 g/mol. The van der Waals surface area contributed by atoms with E-state index in [1.165, 1.54) is 6.92 Å². The molecule has 0 radical (unpaired) electrons. The lowest BCUT2D eigenvalue weighted by molar-refractivity contribution is -0.150. The average Bonchev–Trinajstić information content (AvgIpc) is 2.56. The molecule has 98 valence electrons. The third kappa shape index (κ3) is 1.83. The summed E-state index contributed by atoms with van der Waals surface area (Å²) in [7, 11) is 0. The molecule has 0 aromatic rings. The number of Topliss-reactive ketones (excluding diaryl/α,β-unsaturated/α-hetero) is 1. The van der Waals surface area contributed by atoms with Crippen LogP contribution in [0.5, 0.6) is 0 Å². The quantitative estimate of drug-likeness (QED) is 0.594. The molecule has 0 aromatic heterocycles. The van der Waals surface area contributed by atoms with Gasteiger partial charge in [0.25, 0.3) is 0 Å². The first-order chi connectivity index (χ1) is 8.36. The summed E-state index contributed by atoms with van der Waals surface area (Å²) < 4.78 is 5.27. The van der Waals surface area contributed by atoms with Gasteiger partial charge in [-0.1, -0.05) is 6.92 Å². The van der Waals surface area contributed by atoms with Crippen molar-refractivity contribution in [1.82, 2.24) is 0 Å². The fourth-order valence-electron chi connectivity index (χ4n) is 3.10. The fraction of sp³-hybridized carbons (Fsp3) is 0.615. The van der Waals surface area contributed by atoms with Gasteiger partial charge in [0.2, 0.25) is 0 Å². The van der Waals surface area contributed by atoms with E-state index in [1.54, 1.807) is 0 Å². The molecule has 0 amide bonds. The van der Waals surface area contributed by atoms with Crippen molar-refractivity contribution in [3.05, 3.63) is 11.1 Å². The van der Waals surface area contributed by atoms with Gasteiger partial charge in [0.05, 0.1) is 0 Å². The third-order valence-corrected chi connectivity index (χ3v) is 4.03. The van der Waals surface area contributed by atoms with Gasteiger partial charge in [-0.3, -0.25) is 9.59 Å². The van der Waals surface area contributed by atoms with Crippen molar-refractivity contribution in [3.63, 3.8) is 0 Å². The highest BCUT2D eigenvalue weighted by Crippen LogP contribution is 2.51. The highest BCUT2D eigenvalue weighted by molar-refractivity contribution is 6.18. The second-order valence-electron chi connectivity index (χ2n) is 5.14. The van der Waals surface area contributed by atoms with E-state index in [0.717, 1.165) is 0 Å². The van der Waals surface area contributed by atoms with Crippen molar-refractivity contribution >= 4 is 17.7 Å². The fourth-order valence-corrected chi connectivity index (χ4v) is 3.10. The molecule has 1 fully saturated rings. The molecule has 0 bridgehead atoms. The SMILES string of the molecule is CC(=O)OC1CCC2=C(C(=O)O)C(=O)CCC21C. The number of hydrogen-bond acceptors (Lipinski definition) is 4. The molecule has 2 atom stereocenters. The molecule has 0 aliphatic heterocycles. The molecule has 2 aliphatic rings. The maximum Gasteiger partial charge on any atom is 0.339 e. The molecule has 0 aromatic carbocycles. The zero-order valence-electron chi connectivity index (χ0n) is 10.5. The predicted molar refractivity (Wildman–Crippen MR) is 61.8 cm³/mol. The molecule has 5 nitrogen and oxygen atoms in total. The van der Waals surface area contributed by atoms with E-state index in [2.05, 4.69) is 0 Å². The number of carboxylic acid groups (broad SMARTS) is 1. The van der Waals surface area contributed by atoms with E-state index in [0.29, 0.717) is 24.8 Å². The lowest BCUT2D eigenvalue weighted by Crippen LogP contribution is -2.37. The number of esters is 1. The Balaban J connectivity index is 2.43. The molecule has 2 aliphatic carbocycles. The van der Waals surface area contributed by atoms with Gasteiger partial charge in [0, 0.05) is 18.8 Å². The highest BCUT2D eigenvalue weighted by atomic mass is 16.5. The van der Waals surface area contributed by atoms with Crippen molar-refractivity contribution in [3.8, 4) is 0 Å². The number of carbonyl (C=O) groups excluding carboxylic acids is 2. The van der Waals surface area contributed by atoms with E-state index in [4.69, 9.17) is 9.84 Å². The maximum absolute atomic E-state index is 11.7. The molecule has 2 unspecified atom stereocenters. The number of ketones is 1. The molecule has 0 saturated heterocycles. The molecular weight excluding hydrogens is 236 g/mol. The molecule has 5 heteroatoms. The van der Waals surface area contributed by atoms with Crippen LogP contribution >= 0.6 is 0 Å². The number of ether oxygens (including phenoxy) is 1. The number of carbonyl (C=O) groups is 3. The van der Waals surface area contributed by atoms with Crippen LogP contribution < -0.4 is 0 Å². The Bertz CT molecular complexity index is 462. The van der Waals surface area contributed by atoms with Crippen LogP contribution in [0.3, 0.4) is 0 Å². The van der Waals surface area contributed by atoms with Crippen LogP contribution in [0.4, 0.5) is 0 Å². The molecule has 0 heterocycles. The minimum Gasteiger partial charge on any atom is -0.478 e. The summed E-state index contributed by atoms with van der Waals surface area (Å²) in [5, 5.41) is 9.15. The Kier molecular flexibility index (Phi) is 3.00. The first-order valence-electron chi connectivity index (χ1n) is 6.03. The summed E-state index contributed by atoms with van der Waals surface area (Å²) in [5.41, 5.74) is 0.0729. The van der Waals surface area contributed by atoms with Crippen LogP contribution in [0.25, 0.3) is 0 Å². The summed E-state index contributed by atoms with van der Waals surface area (Å²) in [6.45, 7) is 3.23. The molecule has 2 rings (SSSR count). The monoisotopic (exact) mass is 252 g/mol. The van der Waals surface area contributed by atoms with E-state index < -0.39 is 11.4 Å². The van der Waals surface area contributed by atoms with Gasteiger partial charge in [-0.2, -0.15) is 0 Å². The van der Waals surface area contributed by atoms with E-state index in [9.17, 15) is 14.4 Å². The van der Waals surface area contributed by atoms with E-state index in [1.807, 2.05) is 6.92 Å². The maximum atomic E-state index is 11.7. The molecular formula is C13H16O5. The number of carboxylic acids is 1. The summed E-state index contributed by atoms with van der Waals surface area (Å²) in [6, 6.07) is 0. The largest absolute Gasteiger partial charge is 0.478 e. The van der Waals surface area contributed by atoms with Gasteiger partial charge in [0.1, 0.15) is 11.7 Å². The summed E-state index contributed by atoms with van der Waals surface area (Å²) in [5.74, 6) is -1.83. The lowest BCUT2D eigenvalue weighted by atomic mass is 9.71. The van der Waals surface area contributed by atoms with Crippen molar-refractivity contribution in [1.29, 1.82) is 0 Å². The Morgan fingerprint density at radius 2 is 2.06 bits per heavy atom. The number of rotatable bonds is 2. The molecule has 1 saturated carbocycles. The number of aliphatic carboxylic acids is 1. The van der Waals surface area contributed by atoms with Crippen molar-refractivity contribution in [2.75, 3.05) is 0 Å². The van der Waals surface area contributed by atoms with Crippen molar-refractivity contribution in [2.45, 2.75) is 45.6 Å². The van der Waals surface area contributed by atoms with Crippen LogP contribution in [-0.2, 0) is 19.1 Å². The Morgan fingerprint density at radius 3 is 2.61 bits per heavy atom. The predicted octanol–water partition coefficient (Wildman–Crippen LogP) is 1.46. The van der Waals surface area contributed by atoms with Crippen LogP contribution in [0, 0.1) is 5.41 Å². The van der Waals surface area contributed by atoms with Gasteiger partial charge in [-0.05, 0) is 24.8 Å². The van der Waals surface area contributed by atoms with Gasteiger partial charge >= 0.3 is 11.9 Å².